The molecule has 0 aromatic heterocycles. The van der Waals surface area contributed by atoms with Crippen molar-refractivity contribution in [3.8, 4) is 0 Å². The normalized spacial score (nSPS) is 22.9. The van der Waals surface area contributed by atoms with Gasteiger partial charge in [-0.3, -0.25) is 0 Å². The van der Waals surface area contributed by atoms with Gasteiger partial charge in [0.05, 0.1) is 16.6 Å². The Balaban J connectivity index is 2.45. The van der Waals surface area contributed by atoms with Gasteiger partial charge in [0.1, 0.15) is 4.99 Å². The van der Waals surface area contributed by atoms with Gasteiger partial charge < -0.3 is 10.5 Å². The van der Waals surface area contributed by atoms with Crippen LogP contribution >= 0.6 is 12.2 Å². The van der Waals surface area contributed by atoms with Crippen LogP contribution in [0.25, 0.3) is 0 Å². The Morgan fingerprint density at radius 3 is 2.62 bits per heavy atom. The van der Waals surface area contributed by atoms with Crippen LogP contribution in [0.4, 0.5) is 0 Å². The Bertz CT molecular complexity index is 656. The predicted molar refractivity (Wildman–Crippen MR) is 85.7 cm³/mol. The van der Waals surface area contributed by atoms with E-state index in [-0.39, 0.29) is 16.0 Å². The van der Waals surface area contributed by atoms with E-state index in [0.717, 1.165) is 0 Å². The number of thiocarbonyl (C=S) groups is 1. The molecular formula is C14H20N2O3S2. The van der Waals surface area contributed by atoms with Crippen LogP contribution in [0.1, 0.15) is 26.3 Å². The lowest BCUT2D eigenvalue weighted by Crippen LogP contribution is -2.53. The van der Waals surface area contributed by atoms with Crippen molar-refractivity contribution in [3.05, 3.63) is 29.8 Å². The Morgan fingerprint density at radius 1 is 1.43 bits per heavy atom. The Hall–Kier alpha value is -1.02. The van der Waals surface area contributed by atoms with Gasteiger partial charge in [-0.05, 0) is 26.8 Å². The van der Waals surface area contributed by atoms with E-state index in [1.807, 2.05) is 20.8 Å². The molecule has 0 bridgehead atoms. The Kier molecular flexibility index (Phi) is 4.39. The summed E-state index contributed by atoms with van der Waals surface area (Å²) in [5.41, 5.74) is 5.50. The molecule has 1 saturated heterocycles. The molecule has 0 saturated carbocycles. The molecule has 7 heteroatoms. The summed E-state index contributed by atoms with van der Waals surface area (Å²) >= 11 is 4.96. The van der Waals surface area contributed by atoms with E-state index in [2.05, 4.69) is 0 Å². The average molecular weight is 328 g/mol. The molecule has 1 aliphatic rings. The molecule has 0 aliphatic carbocycles. The molecule has 5 nitrogen and oxygen atoms in total. The third kappa shape index (κ3) is 3.42. The Morgan fingerprint density at radius 2 is 2.05 bits per heavy atom. The van der Waals surface area contributed by atoms with Crippen LogP contribution in [0.3, 0.4) is 0 Å². The minimum Gasteiger partial charge on any atom is -0.389 e. The SMILES string of the molecule is CC1CN(S(=O)(=O)c2ccccc2C(N)=S)CC(C)(C)O1. The van der Waals surface area contributed by atoms with Crippen molar-refractivity contribution in [2.24, 2.45) is 5.73 Å². The van der Waals surface area contributed by atoms with Gasteiger partial charge in [-0.2, -0.15) is 4.31 Å². The first kappa shape index (κ1) is 16.4. The number of morpholine rings is 1. The smallest absolute Gasteiger partial charge is 0.243 e. The topological polar surface area (TPSA) is 72.6 Å². The molecule has 2 rings (SSSR count). The maximum atomic E-state index is 12.9. The lowest BCUT2D eigenvalue weighted by Gasteiger charge is -2.41. The minimum atomic E-state index is -3.66. The second-order valence-electron chi connectivity index (χ2n) is 5.85. The van der Waals surface area contributed by atoms with Crippen molar-refractivity contribution in [3.63, 3.8) is 0 Å². The highest BCUT2D eigenvalue weighted by molar-refractivity contribution is 7.89. The van der Waals surface area contributed by atoms with Crippen molar-refractivity contribution in [2.75, 3.05) is 13.1 Å². The number of nitrogens with two attached hydrogens (primary N) is 1. The number of hydrogen-bond donors (Lipinski definition) is 1. The molecule has 116 valence electrons. The molecule has 1 aromatic carbocycles. The van der Waals surface area contributed by atoms with Gasteiger partial charge in [0, 0.05) is 18.7 Å². The molecule has 1 atom stereocenters. The van der Waals surface area contributed by atoms with E-state index in [1.54, 1.807) is 18.2 Å². The highest BCUT2D eigenvalue weighted by atomic mass is 32.2. The monoisotopic (exact) mass is 328 g/mol. The van der Waals surface area contributed by atoms with Crippen molar-refractivity contribution >= 4 is 27.2 Å². The molecule has 21 heavy (non-hydrogen) atoms. The van der Waals surface area contributed by atoms with Gasteiger partial charge in [0.15, 0.2) is 0 Å². The summed E-state index contributed by atoms with van der Waals surface area (Å²) in [6, 6.07) is 6.56. The quantitative estimate of drug-likeness (QED) is 0.852. The van der Waals surface area contributed by atoms with Crippen LogP contribution in [0.2, 0.25) is 0 Å². The van der Waals surface area contributed by atoms with E-state index < -0.39 is 15.6 Å². The summed E-state index contributed by atoms with van der Waals surface area (Å²) in [5, 5.41) is 0. The van der Waals surface area contributed by atoms with Crippen molar-refractivity contribution in [2.45, 2.75) is 37.4 Å². The number of nitrogens with zero attached hydrogens (tertiary/aromatic N) is 1. The fourth-order valence-corrected chi connectivity index (χ4v) is 4.73. The van der Waals surface area contributed by atoms with E-state index in [4.69, 9.17) is 22.7 Å². The van der Waals surface area contributed by atoms with Crippen LogP contribution in [0, 0.1) is 0 Å². The van der Waals surface area contributed by atoms with E-state index in [1.165, 1.54) is 10.4 Å². The summed E-state index contributed by atoms with van der Waals surface area (Å²) in [6.07, 6.45) is -0.166. The van der Waals surface area contributed by atoms with Gasteiger partial charge in [0.2, 0.25) is 10.0 Å². The summed E-state index contributed by atoms with van der Waals surface area (Å²) < 4.78 is 33.0. The summed E-state index contributed by atoms with van der Waals surface area (Å²) in [6.45, 7) is 6.24. The molecule has 1 heterocycles. The first-order valence-corrected chi connectivity index (χ1v) is 8.55. The number of sulfonamides is 1. The number of hydrogen-bond acceptors (Lipinski definition) is 4. The molecule has 1 fully saturated rings. The number of ether oxygens (including phenoxy) is 1. The zero-order valence-electron chi connectivity index (χ0n) is 12.4. The molecular weight excluding hydrogens is 308 g/mol. The van der Waals surface area contributed by atoms with Crippen molar-refractivity contribution < 1.29 is 13.2 Å². The van der Waals surface area contributed by atoms with Crippen LogP contribution < -0.4 is 5.73 Å². The summed E-state index contributed by atoms with van der Waals surface area (Å²) in [4.78, 5) is 0.233. The van der Waals surface area contributed by atoms with Crippen LogP contribution in [0.15, 0.2) is 29.2 Å². The van der Waals surface area contributed by atoms with Crippen molar-refractivity contribution in [1.82, 2.24) is 4.31 Å². The number of benzene rings is 1. The maximum absolute atomic E-state index is 12.9. The molecule has 0 spiro atoms. The molecule has 1 aliphatic heterocycles. The molecule has 1 aromatic rings. The van der Waals surface area contributed by atoms with E-state index >= 15 is 0 Å². The maximum Gasteiger partial charge on any atom is 0.243 e. The minimum absolute atomic E-state index is 0.0785. The van der Waals surface area contributed by atoms with Gasteiger partial charge >= 0.3 is 0 Å². The molecule has 2 N–H and O–H groups in total. The average Bonchev–Trinajstić information content (AvgIpc) is 2.36. The van der Waals surface area contributed by atoms with Gasteiger partial charge in [-0.15, -0.1) is 0 Å². The highest BCUT2D eigenvalue weighted by Crippen LogP contribution is 2.27. The van der Waals surface area contributed by atoms with Crippen LogP contribution in [-0.2, 0) is 14.8 Å². The molecule has 0 amide bonds. The Labute approximate surface area is 131 Å². The van der Waals surface area contributed by atoms with Gasteiger partial charge in [0.25, 0.3) is 0 Å². The fraction of sp³-hybridized carbons (Fsp3) is 0.500. The number of rotatable bonds is 3. The van der Waals surface area contributed by atoms with E-state index in [9.17, 15) is 8.42 Å². The van der Waals surface area contributed by atoms with Crippen LogP contribution in [0.5, 0.6) is 0 Å². The zero-order chi connectivity index (χ0) is 15.8. The summed E-state index contributed by atoms with van der Waals surface area (Å²) in [5.74, 6) is 0. The summed E-state index contributed by atoms with van der Waals surface area (Å²) in [7, 11) is -3.66. The van der Waals surface area contributed by atoms with E-state index in [0.29, 0.717) is 18.7 Å². The highest BCUT2D eigenvalue weighted by Gasteiger charge is 2.38. The second kappa shape index (κ2) is 5.64. The predicted octanol–water partition coefficient (Wildman–Crippen LogP) is 1.51. The zero-order valence-corrected chi connectivity index (χ0v) is 14.0. The lowest BCUT2D eigenvalue weighted by molar-refractivity contribution is -0.109. The first-order chi connectivity index (χ1) is 9.63. The fourth-order valence-electron chi connectivity index (χ4n) is 2.61. The third-order valence-corrected chi connectivity index (χ3v) is 5.40. The van der Waals surface area contributed by atoms with Crippen LogP contribution in [-0.4, -0.2) is 42.5 Å². The molecule has 0 radical (unpaired) electrons. The third-order valence-electron chi connectivity index (χ3n) is 3.31. The lowest BCUT2D eigenvalue weighted by atomic mass is 10.1. The van der Waals surface area contributed by atoms with Crippen molar-refractivity contribution in [1.29, 1.82) is 0 Å². The first-order valence-electron chi connectivity index (χ1n) is 6.70. The molecule has 1 unspecified atom stereocenters. The van der Waals surface area contributed by atoms with Gasteiger partial charge in [-0.1, -0.05) is 30.4 Å². The largest absolute Gasteiger partial charge is 0.389 e. The second-order valence-corrected chi connectivity index (χ2v) is 8.19. The van der Waals surface area contributed by atoms with Gasteiger partial charge in [-0.25, -0.2) is 8.42 Å². The standard InChI is InChI=1S/C14H20N2O3S2/c1-10-8-16(9-14(2,3)19-10)21(17,18)12-7-5-4-6-11(12)13(15)20/h4-7,10H,8-9H2,1-3H3,(H2,15,20).